The molecule has 5 nitrogen and oxygen atoms in total. The number of nitrogens with one attached hydrogen (secondary N) is 1. The van der Waals surface area contributed by atoms with Crippen LogP contribution in [0.1, 0.15) is 23.4 Å². The summed E-state index contributed by atoms with van der Waals surface area (Å²) in [5.74, 6) is 0.294. The van der Waals surface area contributed by atoms with E-state index in [0.717, 1.165) is 26.6 Å². The first-order valence-corrected chi connectivity index (χ1v) is 10.2. The Kier molecular flexibility index (Phi) is 4.65. The molecular formula is C19H18N4OS2. The molecular weight excluding hydrogens is 364 g/mol. The lowest BCUT2D eigenvalue weighted by molar-refractivity contribution is -0.119. The Balaban J connectivity index is 1.54. The number of nitrogens with zero attached hydrogens (tertiary/aromatic N) is 3. The molecule has 26 heavy (non-hydrogen) atoms. The molecule has 0 saturated carbocycles. The smallest absolute Gasteiger partial charge is 0.230 e. The van der Waals surface area contributed by atoms with Gasteiger partial charge in [0.15, 0.2) is 10.8 Å². The van der Waals surface area contributed by atoms with E-state index in [0.29, 0.717) is 5.75 Å². The van der Waals surface area contributed by atoms with Gasteiger partial charge in [-0.2, -0.15) is 0 Å². The number of pyridine rings is 1. The van der Waals surface area contributed by atoms with Gasteiger partial charge in [0.25, 0.3) is 0 Å². The van der Waals surface area contributed by atoms with Gasteiger partial charge in [-0.25, -0.2) is 0 Å². The Bertz CT molecular complexity index is 1070. The molecule has 0 aliphatic carbocycles. The summed E-state index contributed by atoms with van der Waals surface area (Å²) in [6, 6.07) is 14.2. The molecule has 3 aromatic heterocycles. The molecule has 1 atom stereocenters. The predicted octanol–water partition coefficient (Wildman–Crippen LogP) is 4.22. The van der Waals surface area contributed by atoms with Gasteiger partial charge in [-0.3, -0.25) is 9.20 Å². The summed E-state index contributed by atoms with van der Waals surface area (Å²) in [6.07, 6.45) is 0. The largest absolute Gasteiger partial charge is 0.348 e. The van der Waals surface area contributed by atoms with E-state index in [4.69, 9.17) is 0 Å². The number of carbonyl (C=O) groups is 1. The molecule has 4 rings (SSSR count). The number of carbonyl (C=O) groups excluding carboxylic acids is 1. The number of fused-ring (bicyclic) bond motifs is 3. The molecule has 0 saturated heterocycles. The number of thiophene rings is 1. The molecule has 132 valence electrons. The molecule has 0 spiro atoms. The average Bonchev–Trinajstić information content (AvgIpc) is 3.30. The zero-order chi connectivity index (χ0) is 18.1. The van der Waals surface area contributed by atoms with Gasteiger partial charge < -0.3 is 5.32 Å². The third-order valence-electron chi connectivity index (χ3n) is 4.25. The van der Waals surface area contributed by atoms with Crippen LogP contribution in [0.5, 0.6) is 0 Å². The van der Waals surface area contributed by atoms with Crippen LogP contribution in [0.3, 0.4) is 0 Å². The molecule has 0 radical (unpaired) electrons. The molecule has 1 N–H and O–H groups in total. The Morgan fingerprint density at radius 1 is 1.27 bits per heavy atom. The fourth-order valence-electron chi connectivity index (χ4n) is 2.99. The molecule has 0 bridgehead atoms. The summed E-state index contributed by atoms with van der Waals surface area (Å²) in [4.78, 5) is 13.5. The minimum absolute atomic E-state index is 0.0101. The number of aromatic nitrogens is 3. The van der Waals surface area contributed by atoms with Crippen LogP contribution in [-0.2, 0) is 4.79 Å². The van der Waals surface area contributed by atoms with Crippen molar-refractivity contribution in [2.24, 2.45) is 0 Å². The lowest BCUT2D eigenvalue weighted by Gasteiger charge is -2.12. The van der Waals surface area contributed by atoms with Gasteiger partial charge >= 0.3 is 0 Å². The van der Waals surface area contributed by atoms with E-state index in [1.54, 1.807) is 11.3 Å². The number of amides is 1. The average molecular weight is 383 g/mol. The quantitative estimate of drug-likeness (QED) is 0.525. The van der Waals surface area contributed by atoms with Crippen LogP contribution >= 0.6 is 23.1 Å². The predicted molar refractivity (Wildman–Crippen MR) is 107 cm³/mol. The van der Waals surface area contributed by atoms with E-state index in [9.17, 15) is 4.79 Å². The summed E-state index contributed by atoms with van der Waals surface area (Å²) in [5, 5.41) is 15.5. The highest BCUT2D eigenvalue weighted by atomic mass is 32.2. The summed E-state index contributed by atoms with van der Waals surface area (Å²) in [6.45, 7) is 4.07. The number of thioether (sulfide) groups is 1. The first kappa shape index (κ1) is 17.1. The lowest BCUT2D eigenvalue weighted by atomic mass is 10.1. The topological polar surface area (TPSA) is 59.3 Å². The van der Waals surface area contributed by atoms with Crippen molar-refractivity contribution in [1.29, 1.82) is 0 Å². The van der Waals surface area contributed by atoms with Crippen molar-refractivity contribution in [2.45, 2.75) is 25.0 Å². The van der Waals surface area contributed by atoms with Crippen molar-refractivity contribution in [3.8, 4) is 0 Å². The zero-order valence-electron chi connectivity index (χ0n) is 14.5. The Hall–Kier alpha value is -2.38. The van der Waals surface area contributed by atoms with E-state index < -0.39 is 0 Å². The van der Waals surface area contributed by atoms with Crippen LogP contribution in [0.2, 0.25) is 0 Å². The minimum Gasteiger partial charge on any atom is -0.348 e. The van der Waals surface area contributed by atoms with Crippen LogP contribution in [0.25, 0.3) is 16.6 Å². The van der Waals surface area contributed by atoms with E-state index in [1.807, 2.05) is 47.0 Å². The van der Waals surface area contributed by atoms with Crippen molar-refractivity contribution in [3.63, 3.8) is 0 Å². The second-order valence-electron chi connectivity index (χ2n) is 6.11. The number of rotatable bonds is 5. The standard InChI is InChI=1S/C19H18N4OS2/c1-12-10-17-21-22-19(23(17)15-7-4-3-6-14(12)15)26-11-18(24)20-13(2)16-8-5-9-25-16/h3-10,13H,11H2,1-2H3,(H,20,24). The second-order valence-corrected chi connectivity index (χ2v) is 8.04. The SMILES string of the molecule is Cc1cc2nnc(SCC(=O)NC(C)c3cccs3)n2c2ccccc12. The highest BCUT2D eigenvalue weighted by Crippen LogP contribution is 2.26. The minimum atomic E-state index is -0.0101. The number of para-hydroxylation sites is 1. The van der Waals surface area contributed by atoms with Crippen LogP contribution < -0.4 is 5.32 Å². The van der Waals surface area contributed by atoms with E-state index in [1.165, 1.54) is 17.3 Å². The molecule has 3 heterocycles. The summed E-state index contributed by atoms with van der Waals surface area (Å²) < 4.78 is 2.02. The molecule has 1 amide bonds. The molecule has 4 aromatic rings. The summed E-state index contributed by atoms with van der Waals surface area (Å²) >= 11 is 3.05. The number of aryl methyl sites for hydroxylation is 1. The maximum atomic E-state index is 12.3. The van der Waals surface area contributed by atoms with Crippen molar-refractivity contribution in [3.05, 3.63) is 58.3 Å². The molecule has 7 heteroatoms. The molecule has 1 unspecified atom stereocenters. The Labute approximate surface area is 159 Å². The van der Waals surface area contributed by atoms with Crippen molar-refractivity contribution in [1.82, 2.24) is 19.9 Å². The number of hydrogen-bond acceptors (Lipinski definition) is 5. The highest BCUT2D eigenvalue weighted by molar-refractivity contribution is 7.99. The van der Waals surface area contributed by atoms with E-state index in [2.05, 4.69) is 34.6 Å². The monoisotopic (exact) mass is 382 g/mol. The van der Waals surface area contributed by atoms with Crippen LogP contribution in [-0.4, -0.2) is 26.3 Å². The molecule has 0 aliphatic rings. The number of hydrogen-bond donors (Lipinski definition) is 1. The summed E-state index contributed by atoms with van der Waals surface area (Å²) in [7, 11) is 0. The van der Waals surface area contributed by atoms with Crippen LogP contribution in [0, 0.1) is 6.92 Å². The third-order valence-corrected chi connectivity index (χ3v) is 6.24. The fourth-order valence-corrected chi connectivity index (χ4v) is 4.49. The van der Waals surface area contributed by atoms with Crippen molar-refractivity contribution < 1.29 is 4.79 Å². The highest BCUT2D eigenvalue weighted by Gasteiger charge is 2.15. The first-order valence-electron chi connectivity index (χ1n) is 8.32. The Morgan fingerprint density at radius 2 is 2.12 bits per heavy atom. The normalized spacial score (nSPS) is 12.5. The van der Waals surface area contributed by atoms with Gasteiger partial charge in [0.2, 0.25) is 5.91 Å². The summed E-state index contributed by atoms with van der Waals surface area (Å²) in [5.41, 5.74) is 3.03. The third kappa shape index (κ3) is 3.20. The zero-order valence-corrected chi connectivity index (χ0v) is 16.1. The van der Waals surface area contributed by atoms with Gasteiger partial charge in [0.05, 0.1) is 17.3 Å². The van der Waals surface area contributed by atoms with E-state index in [-0.39, 0.29) is 11.9 Å². The van der Waals surface area contributed by atoms with Gasteiger partial charge in [-0.15, -0.1) is 21.5 Å². The van der Waals surface area contributed by atoms with Crippen molar-refractivity contribution >= 4 is 45.6 Å². The first-order chi connectivity index (χ1) is 12.6. The van der Waals surface area contributed by atoms with Crippen LogP contribution in [0.15, 0.2) is 53.0 Å². The van der Waals surface area contributed by atoms with Gasteiger partial charge in [0.1, 0.15) is 0 Å². The molecule has 0 aliphatic heterocycles. The van der Waals surface area contributed by atoms with Gasteiger partial charge in [0, 0.05) is 10.3 Å². The lowest BCUT2D eigenvalue weighted by Crippen LogP contribution is -2.27. The molecule has 1 aromatic carbocycles. The van der Waals surface area contributed by atoms with Crippen molar-refractivity contribution in [2.75, 3.05) is 5.75 Å². The number of benzene rings is 1. The van der Waals surface area contributed by atoms with Gasteiger partial charge in [-0.05, 0) is 43.0 Å². The fraction of sp³-hybridized carbons (Fsp3) is 0.211. The maximum absolute atomic E-state index is 12.3. The van der Waals surface area contributed by atoms with E-state index >= 15 is 0 Å². The Morgan fingerprint density at radius 3 is 2.92 bits per heavy atom. The van der Waals surface area contributed by atoms with Gasteiger partial charge in [-0.1, -0.05) is 36.0 Å². The molecule has 0 fully saturated rings. The maximum Gasteiger partial charge on any atom is 0.230 e. The van der Waals surface area contributed by atoms with Crippen LogP contribution in [0.4, 0.5) is 0 Å². The second kappa shape index (κ2) is 7.09.